The standard InChI is InChI=1S/C32H53NO8P2/c34-29(35)18-8-2-12-22-42(23-13-3-9-19-30(36)37)26-33(28-16-6-1-7-17-28)27-43(24-14-4-10-20-31(38)39)25-15-5-11-21-32(40)41/h1,6-7,16-17H,2-5,8-15,18-27H2,(H,34,35)(H,36,37)(H,38,39)(H,40,41). The molecule has 0 saturated carbocycles. The van der Waals surface area contributed by atoms with Gasteiger partial charge in [0.2, 0.25) is 0 Å². The van der Waals surface area contributed by atoms with E-state index in [0.717, 1.165) is 88.6 Å². The summed E-state index contributed by atoms with van der Waals surface area (Å²) in [6.45, 7) is 0. The van der Waals surface area contributed by atoms with Gasteiger partial charge in [-0.2, -0.15) is 0 Å². The highest BCUT2D eigenvalue weighted by atomic mass is 31.1. The second-order valence-corrected chi connectivity index (χ2v) is 16.2. The molecule has 1 rings (SSSR count). The van der Waals surface area contributed by atoms with Crippen molar-refractivity contribution < 1.29 is 39.6 Å². The second kappa shape index (κ2) is 25.1. The summed E-state index contributed by atoms with van der Waals surface area (Å²) < 4.78 is 0. The molecular weight excluding hydrogens is 588 g/mol. The zero-order valence-electron chi connectivity index (χ0n) is 25.7. The maximum absolute atomic E-state index is 10.9. The van der Waals surface area contributed by atoms with Crippen LogP contribution in [0.4, 0.5) is 5.69 Å². The van der Waals surface area contributed by atoms with Gasteiger partial charge in [-0.05, 0) is 88.1 Å². The van der Waals surface area contributed by atoms with Crippen LogP contribution in [0.1, 0.15) is 103 Å². The smallest absolute Gasteiger partial charge is 0.303 e. The van der Waals surface area contributed by atoms with Crippen LogP contribution in [0.15, 0.2) is 30.3 Å². The van der Waals surface area contributed by atoms with E-state index in [-0.39, 0.29) is 41.5 Å². The highest BCUT2D eigenvalue weighted by Crippen LogP contribution is 2.45. The molecule has 0 aromatic heterocycles. The van der Waals surface area contributed by atoms with Gasteiger partial charge in [-0.1, -0.05) is 59.7 Å². The van der Waals surface area contributed by atoms with Gasteiger partial charge in [0.1, 0.15) is 0 Å². The van der Waals surface area contributed by atoms with Gasteiger partial charge in [0.25, 0.3) is 0 Å². The van der Waals surface area contributed by atoms with Crippen molar-refractivity contribution >= 4 is 45.4 Å². The lowest BCUT2D eigenvalue weighted by atomic mass is 10.2. The lowest BCUT2D eigenvalue weighted by Crippen LogP contribution is -2.26. The molecule has 0 aliphatic heterocycles. The van der Waals surface area contributed by atoms with E-state index in [1.165, 1.54) is 5.69 Å². The van der Waals surface area contributed by atoms with E-state index in [2.05, 4.69) is 29.2 Å². The normalized spacial score (nSPS) is 11.2. The Hall–Kier alpha value is -2.24. The monoisotopic (exact) mass is 641 g/mol. The van der Waals surface area contributed by atoms with Crippen LogP contribution in [0, 0.1) is 0 Å². The molecule has 0 aliphatic rings. The molecule has 0 heterocycles. The van der Waals surface area contributed by atoms with Crippen LogP contribution >= 0.6 is 15.8 Å². The second-order valence-electron chi connectivity index (χ2n) is 11.2. The number of hydrogen-bond acceptors (Lipinski definition) is 5. The van der Waals surface area contributed by atoms with Crippen molar-refractivity contribution in [1.29, 1.82) is 0 Å². The van der Waals surface area contributed by atoms with Crippen molar-refractivity contribution in [2.45, 2.75) is 103 Å². The predicted octanol–water partition coefficient (Wildman–Crippen LogP) is 7.95. The van der Waals surface area contributed by atoms with Crippen molar-refractivity contribution in [3.63, 3.8) is 0 Å². The van der Waals surface area contributed by atoms with E-state index >= 15 is 0 Å². The molecule has 244 valence electrons. The molecule has 9 nitrogen and oxygen atoms in total. The van der Waals surface area contributed by atoms with E-state index < -0.39 is 23.9 Å². The summed E-state index contributed by atoms with van der Waals surface area (Å²) in [6.07, 6.45) is 17.3. The fourth-order valence-corrected chi connectivity index (χ4v) is 10.3. The number of hydrogen-bond donors (Lipinski definition) is 4. The molecule has 1 aromatic carbocycles. The number of anilines is 1. The van der Waals surface area contributed by atoms with Crippen molar-refractivity contribution in [3.8, 4) is 0 Å². The van der Waals surface area contributed by atoms with Crippen LogP contribution in [0.2, 0.25) is 0 Å². The third kappa shape index (κ3) is 22.9. The summed E-state index contributed by atoms with van der Waals surface area (Å²) in [5.41, 5.74) is 1.19. The van der Waals surface area contributed by atoms with E-state index in [1.807, 2.05) is 6.07 Å². The molecule has 1 aromatic rings. The molecule has 0 fully saturated rings. The molecule has 4 N–H and O–H groups in total. The number of rotatable bonds is 29. The number of nitrogens with zero attached hydrogens (tertiary/aromatic N) is 1. The molecule has 0 spiro atoms. The van der Waals surface area contributed by atoms with E-state index in [1.54, 1.807) is 0 Å². The molecule has 11 heteroatoms. The molecule has 0 bridgehead atoms. The average Bonchev–Trinajstić information content (AvgIpc) is 2.95. The Bertz CT molecular complexity index is 816. The quantitative estimate of drug-likeness (QED) is 0.0504. The zero-order valence-corrected chi connectivity index (χ0v) is 27.5. The molecule has 0 amide bonds. The molecule has 0 radical (unpaired) electrons. The van der Waals surface area contributed by atoms with Crippen LogP contribution in [0.5, 0.6) is 0 Å². The Labute approximate surface area is 260 Å². The molecule has 0 atom stereocenters. The van der Waals surface area contributed by atoms with Gasteiger partial charge in [0, 0.05) is 43.9 Å². The Morgan fingerprint density at radius 2 is 0.767 bits per heavy atom. The van der Waals surface area contributed by atoms with Crippen LogP contribution in [0.25, 0.3) is 0 Å². The Morgan fingerprint density at radius 1 is 0.465 bits per heavy atom. The van der Waals surface area contributed by atoms with Gasteiger partial charge in [-0.25, -0.2) is 0 Å². The topological polar surface area (TPSA) is 152 Å². The molecule has 0 aliphatic carbocycles. The van der Waals surface area contributed by atoms with Gasteiger partial charge in [0.05, 0.1) is 0 Å². The largest absolute Gasteiger partial charge is 0.481 e. The molecule has 0 saturated heterocycles. The Balaban J connectivity index is 2.94. The number of para-hydroxylation sites is 1. The summed E-state index contributed by atoms with van der Waals surface area (Å²) in [7, 11) is -0.718. The number of carbonyl (C=O) groups is 4. The van der Waals surface area contributed by atoms with Crippen LogP contribution < -0.4 is 4.90 Å². The Kier molecular flexibility index (Phi) is 22.7. The lowest BCUT2D eigenvalue weighted by molar-refractivity contribution is -0.138. The fraction of sp³-hybridized carbons (Fsp3) is 0.688. The van der Waals surface area contributed by atoms with Crippen molar-refractivity contribution in [2.75, 3.05) is 42.1 Å². The van der Waals surface area contributed by atoms with E-state index in [4.69, 9.17) is 20.4 Å². The number of carboxylic acid groups (broad SMARTS) is 4. The minimum atomic E-state index is -0.754. The van der Waals surface area contributed by atoms with Crippen molar-refractivity contribution in [3.05, 3.63) is 30.3 Å². The highest BCUT2D eigenvalue weighted by molar-refractivity contribution is 7.58. The maximum Gasteiger partial charge on any atom is 0.303 e. The van der Waals surface area contributed by atoms with E-state index in [0.29, 0.717) is 25.7 Å². The zero-order chi connectivity index (χ0) is 31.7. The van der Waals surface area contributed by atoms with Crippen LogP contribution in [-0.2, 0) is 19.2 Å². The third-order valence-corrected chi connectivity index (χ3v) is 12.6. The number of carboxylic acids is 4. The minimum Gasteiger partial charge on any atom is -0.481 e. The van der Waals surface area contributed by atoms with Gasteiger partial charge >= 0.3 is 23.9 Å². The summed E-state index contributed by atoms with van der Waals surface area (Å²) in [5.74, 6) is -3.02. The lowest BCUT2D eigenvalue weighted by Gasteiger charge is -2.34. The predicted molar refractivity (Wildman–Crippen MR) is 176 cm³/mol. The Morgan fingerprint density at radius 3 is 1.05 bits per heavy atom. The van der Waals surface area contributed by atoms with Crippen LogP contribution in [0.3, 0.4) is 0 Å². The summed E-state index contributed by atoms with van der Waals surface area (Å²) in [5, 5.41) is 36.0. The summed E-state index contributed by atoms with van der Waals surface area (Å²) >= 11 is 0. The number of benzene rings is 1. The van der Waals surface area contributed by atoms with Gasteiger partial charge < -0.3 is 25.3 Å². The van der Waals surface area contributed by atoms with Crippen LogP contribution in [-0.4, -0.2) is 81.5 Å². The number of unbranched alkanes of at least 4 members (excludes halogenated alkanes) is 8. The minimum absolute atomic E-state index is 0.201. The average molecular weight is 642 g/mol. The SMILES string of the molecule is O=C(O)CCCCCP(CCCCCC(=O)O)CN(CP(CCCCCC(=O)O)CCCCCC(=O)O)c1ccccc1. The van der Waals surface area contributed by atoms with Crippen molar-refractivity contribution in [1.82, 2.24) is 0 Å². The summed E-state index contributed by atoms with van der Waals surface area (Å²) in [6, 6.07) is 10.4. The fourth-order valence-electron chi connectivity index (χ4n) is 4.99. The maximum atomic E-state index is 10.9. The summed E-state index contributed by atoms with van der Waals surface area (Å²) in [4.78, 5) is 46.3. The molecule has 43 heavy (non-hydrogen) atoms. The first kappa shape index (κ1) is 38.8. The van der Waals surface area contributed by atoms with Gasteiger partial charge in [-0.3, -0.25) is 19.2 Å². The first-order valence-electron chi connectivity index (χ1n) is 15.8. The first-order chi connectivity index (χ1) is 20.7. The van der Waals surface area contributed by atoms with Gasteiger partial charge in [-0.15, -0.1) is 0 Å². The third-order valence-electron chi connectivity index (χ3n) is 7.32. The highest BCUT2D eigenvalue weighted by Gasteiger charge is 2.19. The molecule has 0 unspecified atom stereocenters. The first-order valence-corrected chi connectivity index (χ1v) is 19.6. The molecular formula is C32H53NO8P2. The van der Waals surface area contributed by atoms with Crippen molar-refractivity contribution in [2.24, 2.45) is 0 Å². The van der Waals surface area contributed by atoms with E-state index in [9.17, 15) is 19.2 Å². The van der Waals surface area contributed by atoms with Gasteiger partial charge in [0.15, 0.2) is 0 Å². The number of aliphatic carboxylic acids is 4.